The molecule has 6 heteroatoms. The number of hydrogen-bond acceptors (Lipinski definition) is 4. The van der Waals surface area contributed by atoms with Crippen molar-refractivity contribution in [1.82, 2.24) is 0 Å². The summed E-state index contributed by atoms with van der Waals surface area (Å²) in [5, 5.41) is 2.57. The summed E-state index contributed by atoms with van der Waals surface area (Å²) in [7, 11) is -1.97. The van der Waals surface area contributed by atoms with E-state index in [1.165, 1.54) is 0 Å². The maximum absolute atomic E-state index is 12.1. The lowest BCUT2D eigenvalue weighted by Crippen LogP contribution is -2.23. The molecule has 0 spiro atoms. The molecule has 122 valence electrons. The van der Waals surface area contributed by atoms with E-state index in [0.717, 1.165) is 5.56 Å². The lowest BCUT2D eigenvalue weighted by atomic mass is 10.2. The van der Waals surface area contributed by atoms with Crippen LogP contribution in [-0.2, 0) is 20.4 Å². The van der Waals surface area contributed by atoms with Gasteiger partial charge in [-0.3, -0.25) is 4.79 Å². The number of sulfone groups is 1. The molecule has 0 saturated carbocycles. The number of methoxy groups -OCH3 is 1. The number of benzene rings is 2. The Morgan fingerprint density at radius 2 is 1.83 bits per heavy atom. The van der Waals surface area contributed by atoms with Crippen molar-refractivity contribution >= 4 is 21.4 Å². The molecule has 0 radical (unpaired) electrons. The van der Waals surface area contributed by atoms with Gasteiger partial charge in [0.05, 0.1) is 12.9 Å². The van der Waals surface area contributed by atoms with Crippen LogP contribution in [0, 0.1) is 6.92 Å². The van der Waals surface area contributed by atoms with E-state index in [9.17, 15) is 13.2 Å². The molecular formula is C17H19NO4S. The third kappa shape index (κ3) is 5.41. The zero-order valence-electron chi connectivity index (χ0n) is 13.1. The summed E-state index contributed by atoms with van der Waals surface area (Å²) in [5.41, 5.74) is 2.20. The lowest BCUT2D eigenvalue weighted by Gasteiger charge is -2.08. The molecule has 0 heterocycles. The number of ether oxygens (including phenoxy) is 1. The van der Waals surface area contributed by atoms with Crippen LogP contribution >= 0.6 is 0 Å². The van der Waals surface area contributed by atoms with Crippen molar-refractivity contribution in [3.63, 3.8) is 0 Å². The van der Waals surface area contributed by atoms with Crippen molar-refractivity contribution in [3.05, 3.63) is 59.7 Å². The number of anilines is 1. The van der Waals surface area contributed by atoms with E-state index in [1.807, 2.05) is 13.0 Å². The zero-order valence-corrected chi connectivity index (χ0v) is 13.9. The fourth-order valence-electron chi connectivity index (χ4n) is 2.18. The van der Waals surface area contributed by atoms with Gasteiger partial charge in [0, 0.05) is 5.69 Å². The first-order valence-corrected chi connectivity index (χ1v) is 8.90. The van der Waals surface area contributed by atoms with E-state index < -0.39 is 21.5 Å². The van der Waals surface area contributed by atoms with Crippen molar-refractivity contribution in [1.29, 1.82) is 0 Å². The maximum Gasteiger partial charge on any atom is 0.239 e. The van der Waals surface area contributed by atoms with Gasteiger partial charge in [-0.25, -0.2) is 8.42 Å². The molecule has 0 bridgehead atoms. The number of nitrogens with one attached hydrogen (secondary N) is 1. The zero-order chi connectivity index (χ0) is 16.9. The number of aryl methyl sites for hydroxylation is 1. The van der Waals surface area contributed by atoms with Gasteiger partial charge in [0.15, 0.2) is 9.84 Å². The summed E-state index contributed by atoms with van der Waals surface area (Å²) >= 11 is 0. The van der Waals surface area contributed by atoms with Gasteiger partial charge in [-0.15, -0.1) is 0 Å². The minimum atomic E-state index is -3.52. The summed E-state index contributed by atoms with van der Waals surface area (Å²) in [6, 6.07) is 13.9. The number of hydrogen-bond donors (Lipinski definition) is 1. The van der Waals surface area contributed by atoms with Crippen molar-refractivity contribution < 1.29 is 17.9 Å². The van der Waals surface area contributed by atoms with Gasteiger partial charge in [0.1, 0.15) is 11.5 Å². The van der Waals surface area contributed by atoms with E-state index in [-0.39, 0.29) is 5.75 Å². The molecule has 2 aromatic carbocycles. The molecule has 1 amide bonds. The van der Waals surface area contributed by atoms with Crippen LogP contribution in [0.15, 0.2) is 48.5 Å². The Balaban J connectivity index is 1.97. The Hall–Kier alpha value is -2.34. The molecule has 5 nitrogen and oxygen atoms in total. The Bertz CT molecular complexity index is 782. The molecule has 0 saturated heterocycles. The average molecular weight is 333 g/mol. The molecule has 23 heavy (non-hydrogen) atoms. The highest BCUT2D eigenvalue weighted by atomic mass is 32.2. The predicted molar refractivity (Wildman–Crippen MR) is 90.3 cm³/mol. The van der Waals surface area contributed by atoms with Crippen LogP contribution < -0.4 is 10.1 Å². The van der Waals surface area contributed by atoms with Crippen LogP contribution in [0.2, 0.25) is 0 Å². The Morgan fingerprint density at radius 1 is 1.13 bits per heavy atom. The van der Waals surface area contributed by atoms with Crippen LogP contribution in [0.25, 0.3) is 0 Å². The quantitative estimate of drug-likeness (QED) is 0.882. The minimum absolute atomic E-state index is 0.148. The van der Waals surface area contributed by atoms with Gasteiger partial charge < -0.3 is 10.1 Å². The maximum atomic E-state index is 12.1. The van der Waals surface area contributed by atoms with Crippen molar-refractivity contribution in [2.24, 2.45) is 0 Å². The van der Waals surface area contributed by atoms with Crippen LogP contribution in [-0.4, -0.2) is 27.2 Å². The molecular weight excluding hydrogens is 314 g/mol. The molecule has 0 aromatic heterocycles. The van der Waals surface area contributed by atoms with Gasteiger partial charge >= 0.3 is 0 Å². The Kier molecular flexibility index (Phi) is 5.39. The molecule has 1 N–H and O–H groups in total. The van der Waals surface area contributed by atoms with Crippen LogP contribution in [0.4, 0.5) is 5.69 Å². The largest absolute Gasteiger partial charge is 0.497 e. The van der Waals surface area contributed by atoms with Gasteiger partial charge in [-0.1, -0.05) is 29.8 Å². The third-order valence-corrected chi connectivity index (χ3v) is 4.67. The summed E-state index contributed by atoms with van der Waals surface area (Å²) in [6.45, 7) is 1.90. The van der Waals surface area contributed by atoms with Crippen molar-refractivity contribution in [2.75, 3.05) is 18.2 Å². The second-order valence-electron chi connectivity index (χ2n) is 5.30. The first-order valence-electron chi connectivity index (χ1n) is 7.08. The monoisotopic (exact) mass is 333 g/mol. The molecule has 0 aliphatic heterocycles. The van der Waals surface area contributed by atoms with Crippen molar-refractivity contribution in [2.45, 2.75) is 12.7 Å². The van der Waals surface area contributed by atoms with Crippen LogP contribution in [0.1, 0.15) is 11.1 Å². The summed E-state index contributed by atoms with van der Waals surface area (Å²) in [6.07, 6.45) is 0. The van der Waals surface area contributed by atoms with Crippen LogP contribution in [0.5, 0.6) is 5.75 Å². The second kappa shape index (κ2) is 7.28. The van der Waals surface area contributed by atoms with Gasteiger partial charge in [0.25, 0.3) is 0 Å². The van der Waals surface area contributed by atoms with Crippen LogP contribution in [0.3, 0.4) is 0 Å². The van der Waals surface area contributed by atoms with E-state index in [1.54, 1.807) is 49.6 Å². The van der Waals surface area contributed by atoms with Gasteiger partial charge in [-0.2, -0.15) is 0 Å². The molecule has 0 fully saturated rings. The van der Waals surface area contributed by atoms with Gasteiger partial charge in [0.2, 0.25) is 5.91 Å². The lowest BCUT2D eigenvalue weighted by molar-refractivity contribution is -0.113. The molecule has 0 unspecified atom stereocenters. The number of amides is 1. The number of carbonyl (C=O) groups excluding carboxylic acids is 1. The van der Waals surface area contributed by atoms with E-state index in [4.69, 9.17) is 4.74 Å². The molecule has 2 aromatic rings. The first-order chi connectivity index (χ1) is 10.9. The number of carbonyl (C=O) groups is 1. The van der Waals surface area contributed by atoms with E-state index in [2.05, 4.69) is 5.32 Å². The highest BCUT2D eigenvalue weighted by molar-refractivity contribution is 7.91. The van der Waals surface area contributed by atoms with Gasteiger partial charge in [-0.05, 0) is 36.8 Å². The average Bonchev–Trinajstić information content (AvgIpc) is 2.46. The number of rotatable bonds is 6. The molecule has 0 aliphatic carbocycles. The fraction of sp³-hybridized carbons (Fsp3) is 0.235. The SMILES string of the molecule is COc1ccc(NC(=O)CS(=O)(=O)Cc2cccc(C)c2)cc1. The highest BCUT2D eigenvalue weighted by Crippen LogP contribution is 2.15. The standard InChI is InChI=1S/C17H19NO4S/c1-13-4-3-5-14(10-13)11-23(20,21)12-17(19)18-15-6-8-16(22-2)9-7-15/h3-10H,11-12H2,1-2H3,(H,18,19). The first kappa shape index (κ1) is 17.0. The molecule has 2 rings (SSSR count). The topological polar surface area (TPSA) is 72.5 Å². The summed E-state index contributed by atoms with van der Waals surface area (Å²) < 4.78 is 29.3. The normalized spacial score (nSPS) is 11.0. The Labute approximate surface area is 136 Å². The van der Waals surface area contributed by atoms with E-state index in [0.29, 0.717) is 17.0 Å². The minimum Gasteiger partial charge on any atom is -0.497 e. The molecule has 0 atom stereocenters. The van der Waals surface area contributed by atoms with E-state index >= 15 is 0 Å². The fourth-order valence-corrected chi connectivity index (χ4v) is 3.44. The predicted octanol–water partition coefficient (Wildman–Crippen LogP) is 2.56. The molecule has 0 aliphatic rings. The summed E-state index contributed by atoms with van der Waals surface area (Å²) in [4.78, 5) is 11.9. The second-order valence-corrected chi connectivity index (χ2v) is 7.36. The summed E-state index contributed by atoms with van der Waals surface area (Å²) in [5.74, 6) is -0.588. The van der Waals surface area contributed by atoms with Crippen molar-refractivity contribution in [3.8, 4) is 5.75 Å². The smallest absolute Gasteiger partial charge is 0.239 e. The third-order valence-electron chi connectivity index (χ3n) is 3.19. The highest BCUT2D eigenvalue weighted by Gasteiger charge is 2.17. The Morgan fingerprint density at radius 3 is 2.43 bits per heavy atom.